The third-order valence-electron chi connectivity index (χ3n) is 7.22. The van der Waals surface area contributed by atoms with E-state index >= 15 is 0 Å². The summed E-state index contributed by atoms with van der Waals surface area (Å²) in [6, 6.07) is 5.77. The number of nitrogens with one attached hydrogen (secondary N) is 2. The molecule has 3 atom stereocenters. The monoisotopic (exact) mass is 393 g/mol. The van der Waals surface area contributed by atoms with Crippen molar-refractivity contribution in [3.05, 3.63) is 47.0 Å². The predicted molar refractivity (Wildman–Crippen MR) is 107 cm³/mol. The zero-order valence-electron chi connectivity index (χ0n) is 16.8. The average molecular weight is 393 g/mol. The zero-order valence-corrected chi connectivity index (χ0v) is 16.8. The number of pyridine rings is 1. The molecule has 7 heteroatoms. The smallest absolute Gasteiger partial charge is 0.275 e. The minimum atomic E-state index is -0.521. The number of fused-ring (bicyclic) bond motifs is 3. The van der Waals surface area contributed by atoms with E-state index in [2.05, 4.69) is 27.4 Å². The number of amides is 2. The van der Waals surface area contributed by atoms with Gasteiger partial charge in [-0.15, -0.1) is 0 Å². The van der Waals surface area contributed by atoms with Crippen LogP contribution in [0.1, 0.15) is 66.5 Å². The molecule has 2 N–H and O–H groups in total. The van der Waals surface area contributed by atoms with Gasteiger partial charge < -0.3 is 10.2 Å². The Bertz CT molecular complexity index is 940. The molecule has 2 amide bonds. The molecular weight excluding hydrogens is 366 g/mol. The van der Waals surface area contributed by atoms with Crippen LogP contribution in [0, 0.1) is 5.41 Å². The molecule has 0 radical (unpaired) electrons. The quantitative estimate of drug-likeness (QED) is 0.816. The molecule has 2 aliphatic heterocycles. The lowest BCUT2D eigenvalue weighted by molar-refractivity contribution is -0.133. The lowest BCUT2D eigenvalue weighted by Gasteiger charge is -2.35. The summed E-state index contributed by atoms with van der Waals surface area (Å²) in [4.78, 5) is 33.0. The van der Waals surface area contributed by atoms with Gasteiger partial charge in [-0.1, -0.05) is 13.0 Å². The highest BCUT2D eigenvalue weighted by atomic mass is 16.2. The highest BCUT2D eigenvalue weighted by Gasteiger charge is 2.60. The first-order chi connectivity index (χ1) is 14.1. The van der Waals surface area contributed by atoms with E-state index in [1.54, 1.807) is 6.20 Å². The van der Waals surface area contributed by atoms with E-state index < -0.39 is 5.41 Å². The van der Waals surface area contributed by atoms with Crippen molar-refractivity contribution in [1.29, 1.82) is 0 Å². The third kappa shape index (κ3) is 2.78. The van der Waals surface area contributed by atoms with Crippen LogP contribution in [0.3, 0.4) is 0 Å². The number of carbonyl (C=O) groups excluding carboxylic acids is 2. The number of H-pyrrole nitrogens is 1. The van der Waals surface area contributed by atoms with E-state index in [1.165, 1.54) is 0 Å². The fraction of sp³-hybridized carbons (Fsp3) is 0.545. The molecule has 2 fully saturated rings. The summed E-state index contributed by atoms with van der Waals surface area (Å²) in [5, 5.41) is 10.5. The van der Waals surface area contributed by atoms with Gasteiger partial charge in [0.15, 0.2) is 5.69 Å². The molecule has 2 bridgehead atoms. The second-order valence-corrected chi connectivity index (χ2v) is 8.56. The fourth-order valence-corrected chi connectivity index (χ4v) is 5.74. The topological polar surface area (TPSA) is 91.0 Å². The Morgan fingerprint density at radius 2 is 2.21 bits per heavy atom. The molecule has 7 nitrogen and oxygen atoms in total. The van der Waals surface area contributed by atoms with Crippen LogP contribution in [0.2, 0.25) is 0 Å². The van der Waals surface area contributed by atoms with Gasteiger partial charge in [0.1, 0.15) is 0 Å². The van der Waals surface area contributed by atoms with Crippen molar-refractivity contribution >= 4 is 11.8 Å². The second-order valence-electron chi connectivity index (χ2n) is 8.56. The van der Waals surface area contributed by atoms with E-state index in [0.717, 1.165) is 61.9 Å². The van der Waals surface area contributed by atoms with Crippen molar-refractivity contribution < 1.29 is 9.59 Å². The van der Waals surface area contributed by atoms with Crippen molar-refractivity contribution in [2.75, 3.05) is 0 Å². The summed E-state index contributed by atoms with van der Waals surface area (Å²) in [5.41, 5.74) is 3.09. The number of aromatic amines is 1. The van der Waals surface area contributed by atoms with E-state index in [4.69, 9.17) is 0 Å². The van der Waals surface area contributed by atoms with Crippen LogP contribution >= 0.6 is 0 Å². The van der Waals surface area contributed by atoms with E-state index in [9.17, 15) is 9.59 Å². The normalized spacial score (nSPS) is 27.3. The van der Waals surface area contributed by atoms with Gasteiger partial charge in [0.2, 0.25) is 5.91 Å². The molecule has 2 saturated heterocycles. The molecule has 0 unspecified atom stereocenters. The van der Waals surface area contributed by atoms with Gasteiger partial charge in [-0.05, 0) is 57.1 Å². The van der Waals surface area contributed by atoms with Crippen LogP contribution in [0.25, 0.3) is 0 Å². The first-order valence-electron chi connectivity index (χ1n) is 10.7. The molecule has 4 heterocycles. The maximum absolute atomic E-state index is 13.4. The van der Waals surface area contributed by atoms with E-state index in [0.29, 0.717) is 12.2 Å². The summed E-state index contributed by atoms with van der Waals surface area (Å²) in [6.45, 7) is 2.48. The van der Waals surface area contributed by atoms with Gasteiger partial charge in [-0.2, -0.15) is 5.10 Å². The molecule has 152 valence electrons. The molecule has 1 aliphatic carbocycles. The Labute approximate surface area is 170 Å². The molecule has 2 aromatic rings. The SMILES string of the molecule is CC[C@]1(C(=O)NCc2ccccn2)C[C@H]2CC[C@@H]1N2C(=O)c1n[nH]c2c1CCC2. The molecule has 5 rings (SSSR count). The largest absolute Gasteiger partial charge is 0.350 e. The maximum atomic E-state index is 13.4. The van der Waals surface area contributed by atoms with E-state index in [1.807, 2.05) is 23.1 Å². The standard InChI is InChI=1S/C22H27N5O2/c1-2-22(21(29)24-13-14-6-3-4-11-23-14)12-15-9-10-18(22)27(15)20(28)19-16-7-5-8-17(16)25-26-19/h3-4,6,11,15,18H,2,5,7-10,12-13H2,1H3,(H,24,29)(H,25,26)/t15-,18+,22+/m1/s1. The van der Waals surface area contributed by atoms with Crippen molar-refractivity contribution in [2.45, 2.75) is 70.5 Å². The molecule has 3 aliphatic rings. The zero-order chi connectivity index (χ0) is 20.0. The van der Waals surface area contributed by atoms with Crippen molar-refractivity contribution in [3.63, 3.8) is 0 Å². The molecule has 2 aromatic heterocycles. The van der Waals surface area contributed by atoms with Crippen LogP contribution in [-0.4, -0.2) is 44.0 Å². The van der Waals surface area contributed by atoms with Crippen molar-refractivity contribution in [2.24, 2.45) is 5.41 Å². The molecule has 29 heavy (non-hydrogen) atoms. The number of carbonyl (C=O) groups is 2. The Morgan fingerprint density at radius 3 is 3.00 bits per heavy atom. The predicted octanol–water partition coefficient (Wildman–Crippen LogP) is 2.38. The van der Waals surface area contributed by atoms with Crippen molar-refractivity contribution in [1.82, 2.24) is 25.4 Å². The number of rotatable bonds is 5. The first kappa shape index (κ1) is 18.3. The average Bonchev–Trinajstić information content (AvgIpc) is 3.51. The number of aromatic nitrogens is 3. The van der Waals surface area contributed by atoms with Gasteiger partial charge in [-0.25, -0.2) is 0 Å². The number of aryl methyl sites for hydroxylation is 1. The Balaban J connectivity index is 1.37. The maximum Gasteiger partial charge on any atom is 0.275 e. The molecular formula is C22H27N5O2. The Kier molecular flexibility index (Phi) is 4.41. The molecule has 0 spiro atoms. The van der Waals surface area contributed by atoms with Crippen LogP contribution in [0.15, 0.2) is 24.4 Å². The number of hydrogen-bond acceptors (Lipinski definition) is 4. The summed E-state index contributed by atoms with van der Waals surface area (Å²) in [6.07, 6.45) is 8.01. The lowest BCUT2D eigenvalue weighted by atomic mass is 9.71. The molecule has 0 saturated carbocycles. The third-order valence-corrected chi connectivity index (χ3v) is 7.22. The van der Waals surface area contributed by atoms with Crippen molar-refractivity contribution in [3.8, 4) is 0 Å². The first-order valence-corrected chi connectivity index (χ1v) is 10.7. The van der Waals surface area contributed by atoms with Gasteiger partial charge in [0.05, 0.1) is 17.7 Å². The second kappa shape index (κ2) is 6.97. The fourth-order valence-electron chi connectivity index (χ4n) is 5.74. The number of nitrogens with zero attached hydrogens (tertiary/aromatic N) is 3. The number of hydrogen-bond donors (Lipinski definition) is 2. The lowest BCUT2D eigenvalue weighted by Crippen LogP contribution is -2.49. The van der Waals surface area contributed by atoms with Gasteiger partial charge in [0.25, 0.3) is 5.91 Å². The van der Waals surface area contributed by atoms with Gasteiger partial charge in [0, 0.05) is 29.5 Å². The summed E-state index contributed by atoms with van der Waals surface area (Å²) in [5.74, 6) is 0.0488. The minimum Gasteiger partial charge on any atom is -0.350 e. The van der Waals surface area contributed by atoms with E-state index in [-0.39, 0.29) is 23.9 Å². The van der Waals surface area contributed by atoms with Crippen LogP contribution in [0.5, 0.6) is 0 Å². The summed E-state index contributed by atoms with van der Waals surface area (Å²) in [7, 11) is 0. The van der Waals surface area contributed by atoms with Crippen LogP contribution in [0.4, 0.5) is 0 Å². The van der Waals surface area contributed by atoms with Gasteiger partial charge >= 0.3 is 0 Å². The van der Waals surface area contributed by atoms with Gasteiger partial charge in [-0.3, -0.25) is 19.7 Å². The Morgan fingerprint density at radius 1 is 1.31 bits per heavy atom. The van der Waals surface area contributed by atoms with Crippen LogP contribution < -0.4 is 5.32 Å². The molecule has 0 aromatic carbocycles. The summed E-state index contributed by atoms with van der Waals surface area (Å²) < 4.78 is 0. The highest BCUT2D eigenvalue weighted by Crippen LogP contribution is 2.52. The minimum absolute atomic E-state index is 0.00440. The van der Waals surface area contributed by atoms with Crippen LogP contribution in [-0.2, 0) is 24.2 Å². The highest BCUT2D eigenvalue weighted by molar-refractivity contribution is 5.96. The summed E-state index contributed by atoms with van der Waals surface area (Å²) >= 11 is 0. The Hall–Kier alpha value is -2.70.